The number of hydrogen-bond donors (Lipinski definition) is 0. The Morgan fingerprint density at radius 3 is 2.43 bits per heavy atom. The first-order valence-corrected chi connectivity index (χ1v) is 10.1. The molecule has 2 aromatic rings. The highest BCUT2D eigenvalue weighted by Gasteiger charge is 2.34. The van der Waals surface area contributed by atoms with Crippen molar-refractivity contribution in [2.75, 3.05) is 6.54 Å². The highest BCUT2D eigenvalue weighted by Crippen LogP contribution is 2.30. The van der Waals surface area contributed by atoms with Crippen molar-refractivity contribution in [3.05, 3.63) is 64.6 Å². The van der Waals surface area contributed by atoms with Gasteiger partial charge in [0.25, 0.3) is 0 Å². The number of sulfonamides is 1. The van der Waals surface area contributed by atoms with Crippen LogP contribution in [0, 0.1) is 0 Å². The van der Waals surface area contributed by atoms with E-state index in [0.29, 0.717) is 15.9 Å². The SMILES string of the molecule is O=S(=O)(c1ccccc1Br)N1CCCC[C@H]1Cc1ccccc1. The Balaban J connectivity index is 1.90. The van der Waals surface area contributed by atoms with E-state index in [1.807, 2.05) is 24.3 Å². The molecule has 0 aliphatic carbocycles. The van der Waals surface area contributed by atoms with Crippen LogP contribution in [0.5, 0.6) is 0 Å². The van der Waals surface area contributed by atoms with Crippen LogP contribution < -0.4 is 0 Å². The van der Waals surface area contributed by atoms with Crippen molar-refractivity contribution in [3.8, 4) is 0 Å². The molecule has 2 aromatic carbocycles. The van der Waals surface area contributed by atoms with E-state index in [-0.39, 0.29) is 6.04 Å². The first-order valence-electron chi connectivity index (χ1n) is 7.89. The minimum Gasteiger partial charge on any atom is -0.207 e. The summed E-state index contributed by atoms with van der Waals surface area (Å²) in [4.78, 5) is 0.361. The molecular formula is C18H20BrNO2S. The average molecular weight is 394 g/mol. The Hall–Kier alpha value is -1.17. The Morgan fingerprint density at radius 2 is 1.70 bits per heavy atom. The van der Waals surface area contributed by atoms with Crippen LogP contribution >= 0.6 is 15.9 Å². The monoisotopic (exact) mass is 393 g/mol. The van der Waals surface area contributed by atoms with Gasteiger partial charge in [-0.25, -0.2) is 8.42 Å². The van der Waals surface area contributed by atoms with Gasteiger partial charge in [-0.1, -0.05) is 48.9 Å². The van der Waals surface area contributed by atoms with Gasteiger partial charge in [-0.15, -0.1) is 0 Å². The standard InChI is InChI=1S/C18H20BrNO2S/c19-17-11-4-5-12-18(17)23(21,22)20-13-7-6-10-16(20)14-15-8-2-1-3-9-15/h1-5,8-9,11-12,16H,6-7,10,13-14H2/t16-/m0/s1. The summed E-state index contributed by atoms with van der Waals surface area (Å²) in [5, 5.41) is 0. The van der Waals surface area contributed by atoms with E-state index in [2.05, 4.69) is 28.1 Å². The third-order valence-electron chi connectivity index (χ3n) is 4.31. The number of piperidine rings is 1. The van der Waals surface area contributed by atoms with Crippen molar-refractivity contribution < 1.29 is 8.42 Å². The van der Waals surface area contributed by atoms with Crippen molar-refractivity contribution in [2.24, 2.45) is 0 Å². The Labute approximate surface area is 146 Å². The number of hydrogen-bond acceptors (Lipinski definition) is 2. The molecule has 5 heteroatoms. The molecule has 0 amide bonds. The van der Waals surface area contributed by atoms with Gasteiger partial charge < -0.3 is 0 Å². The van der Waals surface area contributed by atoms with Gasteiger partial charge in [0, 0.05) is 17.1 Å². The van der Waals surface area contributed by atoms with E-state index >= 15 is 0 Å². The minimum absolute atomic E-state index is 0.0308. The zero-order chi connectivity index (χ0) is 16.3. The maximum absolute atomic E-state index is 13.1. The smallest absolute Gasteiger partial charge is 0.207 e. The number of nitrogens with zero attached hydrogens (tertiary/aromatic N) is 1. The molecule has 1 saturated heterocycles. The number of halogens is 1. The summed E-state index contributed by atoms with van der Waals surface area (Å²) in [5.41, 5.74) is 1.19. The summed E-state index contributed by atoms with van der Waals surface area (Å²) < 4.78 is 28.5. The molecule has 122 valence electrons. The van der Waals surface area contributed by atoms with Crippen LogP contribution in [0.1, 0.15) is 24.8 Å². The second-order valence-electron chi connectivity index (χ2n) is 5.89. The summed E-state index contributed by atoms with van der Waals surface area (Å²) in [6.45, 7) is 0.598. The fourth-order valence-corrected chi connectivity index (χ4v) is 5.82. The lowest BCUT2D eigenvalue weighted by Gasteiger charge is -2.35. The molecule has 1 heterocycles. The average Bonchev–Trinajstić information content (AvgIpc) is 2.56. The number of rotatable bonds is 4. The van der Waals surface area contributed by atoms with Crippen LogP contribution in [0.15, 0.2) is 64.0 Å². The minimum atomic E-state index is -3.48. The van der Waals surface area contributed by atoms with Crippen molar-refractivity contribution in [1.29, 1.82) is 0 Å². The van der Waals surface area contributed by atoms with Crippen molar-refractivity contribution in [1.82, 2.24) is 4.31 Å². The van der Waals surface area contributed by atoms with Gasteiger partial charge in [0.15, 0.2) is 0 Å². The molecule has 3 rings (SSSR count). The lowest BCUT2D eigenvalue weighted by Crippen LogP contribution is -2.44. The molecule has 0 spiro atoms. The van der Waals surface area contributed by atoms with Gasteiger partial charge in [0.05, 0.1) is 4.90 Å². The first-order chi connectivity index (χ1) is 11.1. The van der Waals surface area contributed by atoms with Crippen LogP contribution in [0.3, 0.4) is 0 Å². The third kappa shape index (κ3) is 3.67. The van der Waals surface area contributed by atoms with E-state index < -0.39 is 10.0 Å². The summed E-state index contributed by atoms with van der Waals surface area (Å²) in [6, 6.07) is 17.2. The highest BCUT2D eigenvalue weighted by molar-refractivity contribution is 9.10. The molecule has 1 atom stereocenters. The van der Waals surface area contributed by atoms with Gasteiger partial charge in [-0.2, -0.15) is 4.31 Å². The Bertz CT molecular complexity index is 762. The van der Waals surface area contributed by atoms with Crippen LogP contribution in [0.4, 0.5) is 0 Å². The predicted octanol–water partition coefficient (Wildman–Crippen LogP) is 4.24. The van der Waals surface area contributed by atoms with Crippen LogP contribution in [0.2, 0.25) is 0 Å². The lowest BCUT2D eigenvalue weighted by atomic mass is 9.98. The fraction of sp³-hybridized carbons (Fsp3) is 0.333. The molecule has 0 radical (unpaired) electrons. The van der Waals surface area contributed by atoms with Crippen molar-refractivity contribution in [3.63, 3.8) is 0 Å². The van der Waals surface area contributed by atoms with Crippen LogP contribution in [-0.4, -0.2) is 25.3 Å². The van der Waals surface area contributed by atoms with Gasteiger partial charge >= 0.3 is 0 Å². The first kappa shape index (κ1) is 16.7. The number of benzene rings is 2. The van der Waals surface area contributed by atoms with E-state index in [1.54, 1.807) is 22.5 Å². The Morgan fingerprint density at radius 1 is 1.00 bits per heavy atom. The molecule has 0 bridgehead atoms. The fourth-order valence-electron chi connectivity index (χ4n) is 3.16. The van der Waals surface area contributed by atoms with Gasteiger partial charge in [0.2, 0.25) is 10.0 Å². The third-order valence-corrected chi connectivity index (χ3v) is 7.27. The van der Waals surface area contributed by atoms with Crippen LogP contribution in [-0.2, 0) is 16.4 Å². The zero-order valence-corrected chi connectivity index (χ0v) is 15.3. The molecule has 3 nitrogen and oxygen atoms in total. The van der Waals surface area contributed by atoms with Crippen LogP contribution in [0.25, 0.3) is 0 Å². The molecule has 0 aromatic heterocycles. The molecule has 0 unspecified atom stereocenters. The molecule has 1 aliphatic heterocycles. The van der Waals surface area contributed by atoms with E-state index in [9.17, 15) is 8.42 Å². The highest BCUT2D eigenvalue weighted by atomic mass is 79.9. The molecule has 1 aliphatic rings. The van der Waals surface area contributed by atoms with Crippen molar-refractivity contribution in [2.45, 2.75) is 36.6 Å². The van der Waals surface area contributed by atoms with E-state index in [1.165, 1.54) is 5.56 Å². The Kier molecular flexibility index (Phi) is 5.19. The second kappa shape index (κ2) is 7.16. The van der Waals surface area contributed by atoms with Crippen molar-refractivity contribution >= 4 is 26.0 Å². The maximum Gasteiger partial charge on any atom is 0.244 e. The molecule has 0 N–H and O–H groups in total. The van der Waals surface area contributed by atoms with E-state index in [0.717, 1.165) is 25.7 Å². The van der Waals surface area contributed by atoms with Gasteiger partial charge in [-0.3, -0.25) is 0 Å². The quantitative estimate of drug-likeness (QED) is 0.778. The normalized spacial score (nSPS) is 19.6. The summed E-state index contributed by atoms with van der Waals surface area (Å²) in [7, 11) is -3.48. The molecule has 1 fully saturated rings. The topological polar surface area (TPSA) is 37.4 Å². The molecular weight excluding hydrogens is 374 g/mol. The summed E-state index contributed by atoms with van der Waals surface area (Å²) in [6.07, 6.45) is 3.69. The summed E-state index contributed by atoms with van der Waals surface area (Å²) >= 11 is 3.38. The van der Waals surface area contributed by atoms with Gasteiger partial charge in [-0.05, 0) is 52.9 Å². The predicted molar refractivity (Wildman–Crippen MR) is 95.8 cm³/mol. The summed E-state index contributed by atoms with van der Waals surface area (Å²) in [5.74, 6) is 0. The van der Waals surface area contributed by atoms with E-state index in [4.69, 9.17) is 0 Å². The maximum atomic E-state index is 13.1. The molecule has 0 saturated carbocycles. The second-order valence-corrected chi connectivity index (χ2v) is 8.60. The molecule has 23 heavy (non-hydrogen) atoms. The van der Waals surface area contributed by atoms with Gasteiger partial charge in [0.1, 0.15) is 0 Å². The zero-order valence-electron chi connectivity index (χ0n) is 12.9. The largest absolute Gasteiger partial charge is 0.244 e. The lowest BCUT2D eigenvalue weighted by molar-refractivity contribution is 0.251.